The standard InChI is InChI=1S/C35H48N3O6.C34H45N4O6.C33H45N4O6.3V/c1-7-16-35-19-22(35)12-10-9-11-13-27-32(37-28-17-23(42-6)14-15-26(28)36-27)43-30-20-38(29(21-39)24(30)8-2)33(41)25(34(3,4)5)18-31(40)44-35;1-6-23-27(19-39)38-18-28(23)43-30-25(35-24-15-14-22(42-5)16-26(24)36-30)11-9-7-8-10-21-17-34(21,20-12-13-20)44-32(41)37-29(31(38)40)33(2,3)4;1-19(2)33-16-21(33)11-9-8-10-12-24-29(35-25-15-22(41-7)13-14-23(25)34-24)42-27-17-37(26(18-38)20(27)3)30(39)28(32(4,5)6)36-31(40)43-33;;;/h14-15,17,22,24-25,29-30H,7-13,16,18-20H2,1-6H3;14-16,20-21,23,27-29H,6-13,17-18H2,1-5H3,(H,37,41);13-15,19-21,26-28H,8-12,16-17H2,1-7H3,(H,36,40);;;/q3*-1;;;/t22-,24+,25-,29-,30+,35-;21-,23+,27-,28+,29-,34+;20-,21+,26+,27-,28+,33-;;;/m110.../s1. The molecular formula is C102H138N11O18V3-3. The summed E-state index contributed by atoms with van der Waals surface area (Å²) in [6, 6.07) is 12.6. The minimum atomic E-state index is -0.911. The molecule has 3 aromatic carbocycles. The molecule has 5 amide bonds. The summed E-state index contributed by atoms with van der Waals surface area (Å²) in [5.41, 5.74) is 3.39. The molecule has 3 saturated heterocycles. The van der Waals surface area contributed by atoms with Gasteiger partial charge in [0.05, 0.1) is 86.4 Å². The molecule has 10 aliphatic rings. The van der Waals surface area contributed by atoms with Gasteiger partial charge < -0.3 is 82.3 Å². The molecule has 6 bridgehead atoms. The van der Waals surface area contributed by atoms with Crippen LogP contribution in [0, 0.1) is 69.5 Å². The van der Waals surface area contributed by atoms with E-state index in [1.165, 1.54) is 9.80 Å². The Balaban J connectivity index is 0.000000191. The number of hydrogen-bond donors (Lipinski definition) is 2. The molecule has 6 aromatic rings. The van der Waals surface area contributed by atoms with Crippen molar-refractivity contribution in [3.8, 4) is 34.9 Å². The zero-order valence-corrected chi connectivity index (χ0v) is 85.7. The number of rotatable bonds is 12. The fourth-order valence-electron chi connectivity index (χ4n) is 21.4. The molecule has 134 heavy (non-hydrogen) atoms. The monoisotopic (exact) mass is 1960 g/mol. The van der Waals surface area contributed by atoms with Crippen LogP contribution in [0.1, 0.15) is 262 Å². The first-order valence-corrected chi connectivity index (χ1v) is 48.3. The van der Waals surface area contributed by atoms with E-state index < -0.39 is 99.7 Å². The van der Waals surface area contributed by atoms with Crippen molar-refractivity contribution in [2.24, 2.45) is 69.5 Å². The number of carbonyl (C=O) groups excluding carboxylic acids is 9. The van der Waals surface area contributed by atoms with E-state index in [1.54, 1.807) is 26.2 Å². The summed E-state index contributed by atoms with van der Waals surface area (Å²) in [5.74, 6) is 1.98. The normalized spacial score (nSPS) is 29.9. The number of esters is 1. The number of nitrogens with one attached hydrogen (secondary N) is 2. The predicted octanol–water partition coefficient (Wildman–Crippen LogP) is 16.2. The van der Waals surface area contributed by atoms with Crippen molar-refractivity contribution in [2.45, 2.75) is 330 Å². The van der Waals surface area contributed by atoms with E-state index in [0.29, 0.717) is 101 Å². The maximum Gasteiger partial charge on any atom is 0.408 e. The fraction of sp³-hybridized carbons (Fsp3) is 0.676. The molecule has 29 nitrogen and oxygen atoms in total. The topological polar surface area (TPSA) is 348 Å². The van der Waals surface area contributed by atoms with Crippen molar-refractivity contribution in [2.75, 3.05) is 41.0 Å². The number of carbonyl (C=O) groups is 6. The summed E-state index contributed by atoms with van der Waals surface area (Å²) in [6.45, 7) is 29.9. The first-order valence-electron chi connectivity index (χ1n) is 48.3. The van der Waals surface area contributed by atoms with E-state index in [-0.39, 0.29) is 135 Å². The summed E-state index contributed by atoms with van der Waals surface area (Å²) in [5, 5.41) is 5.80. The largest absolute Gasteiger partial charge is 0.540 e. The first kappa shape index (κ1) is 106. The summed E-state index contributed by atoms with van der Waals surface area (Å²) in [4.78, 5) is 154. The summed E-state index contributed by atoms with van der Waals surface area (Å²) in [6.07, 6.45) is 25.3. The summed E-state index contributed by atoms with van der Waals surface area (Å²) < 4.78 is 54.5. The van der Waals surface area contributed by atoms with Gasteiger partial charge in [0, 0.05) is 91.6 Å². The van der Waals surface area contributed by atoms with Crippen LogP contribution in [0.25, 0.3) is 33.1 Å². The van der Waals surface area contributed by atoms with Gasteiger partial charge in [0.15, 0.2) is 0 Å². The number of alkyl carbamates (subject to hydrolysis) is 2. The Morgan fingerprint density at radius 1 is 0.455 bits per heavy atom. The maximum absolute atomic E-state index is 14.2. The Bertz CT molecular complexity index is 5180. The average Bonchev–Trinajstić information content (AvgIpc) is 1.55. The van der Waals surface area contributed by atoms with Crippen LogP contribution in [-0.2, 0) is 123 Å². The van der Waals surface area contributed by atoms with Gasteiger partial charge in [0.25, 0.3) is 0 Å². The number of nitrogens with zero attached hydrogens (tertiary/aromatic N) is 9. The number of methoxy groups -OCH3 is 3. The van der Waals surface area contributed by atoms with E-state index in [9.17, 15) is 43.2 Å². The van der Waals surface area contributed by atoms with Gasteiger partial charge in [-0.25, -0.2) is 58.4 Å². The van der Waals surface area contributed by atoms with Gasteiger partial charge in [-0.2, -0.15) is 0 Å². The number of ether oxygens (including phenoxy) is 9. The smallest absolute Gasteiger partial charge is 0.408 e. The van der Waals surface area contributed by atoms with Gasteiger partial charge in [0.1, 0.15) is 81.5 Å². The maximum atomic E-state index is 14.2. The molecule has 18 atom stereocenters. The predicted molar refractivity (Wildman–Crippen MR) is 493 cm³/mol. The third kappa shape index (κ3) is 23.5. The van der Waals surface area contributed by atoms with Gasteiger partial charge in [0.2, 0.25) is 35.4 Å². The van der Waals surface area contributed by atoms with Crippen molar-refractivity contribution < 1.29 is 141 Å². The molecule has 4 aliphatic carbocycles. The molecular weight excluding hydrogens is 1820 g/mol. The van der Waals surface area contributed by atoms with Crippen LogP contribution in [0.2, 0.25) is 0 Å². The molecule has 16 rings (SSSR count). The molecule has 3 radical (unpaired) electrons. The minimum absolute atomic E-state index is 0. The SMILES string of the molecule is CCC[C@@]12C[C@H]1CCCCCc1nc3ccc(OC)cc3nc1O[C@H]1CN(C(=O)[C@H](C(C)(C)C)CC(=O)O2)[C@H]([C-]=O)[C@@H]1CC.CC[C@@H]1[C@@H]2CN(C(=O)[C@H](C(C)(C)C)NC(=O)O[C@]3(C4CC4)C[C@H]3CCCCCc3nc4ccc(OC)cc4nc3O2)[C@@H]1[C-]=O.COc1ccc2nc3c(nc2c1)O[C@H]1CN(C(=O)[C@H](C(C)(C)C)NC(=O)O[C@]2(C(C)C)C[C@H]2CCCCC3)[C@H]([C-]=O)[C@@H]1C.[V].[V].[V]. The molecule has 6 aliphatic heterocycles. The second kappa shape index (κ2) is 44.2. The zero-order valence-electron chi connectivity index (χ0n) is 81.5. The van der Waals surface area contributed by atoms with Crippen LogP contribution in [0.3, 0.4) is 0 Å². The molecule has 3 aromatic heterocycles. The third-order valence-corrected chi connectivity index (χ3v) is 29.7. The van der Waals surface area contributed by atoms with Crippen LogP contribution >= 0.6 is 0 Å². The molecule has 7 fully saturated rings. The van der Waals surface area contributed by atoms with Gasteiger partial charge >= 0.3 is 18.2 Å². The van der Waals surface area contributed by atoms with Crippen LogP contribution in [0.5, 0.6) is 34.9 Å². The van der Waals surface area contributed by atoms with Crippen molar-refractivity contribution >= 4 is 87.8 Å². The number of amides is 5. The van der Waals surface area contributed by atoms with Gasteiger partial charge in [-0.15, -0.1) is 0 Å². The zero-order chi connectivity index (χ0) is 94.0. The Labute approximate surface area is 825 Å². The van der Waals surface area contributed by atoms with Crippen LogP contribution in [0.15, 0.2) is 54.6 Å². The van der Waals surface area contributed by atoms with Gasteiger partial charge in [-0.05, 0) is 179 Å². The van der Waals surface area contributed by atoms with Crippen molar-refractivity contribution in [3.05, 3.63) is 71.7 Å². The molecule has 9 heterocycles. The molecule has 0 unspecified atom stereocenters. The summed E-state index contributed by atoms with van der Waals surface area (Å²) >= 11 is 0. The van der Waals surface area contributed by atoms with E-state index in [4.69, 9.17) is 72.5 Å². The summed E-state index contributed by atoms with van der Waals surface area (Å²) in [7, 11) is 4.83. The quantitative estimate of drug-likeness (QED) is 0.0653. The Hall–Kier alpha value is -8.34. The third-order valence-electron chi connectivity index (χ3n) is 29.7. The van der Waals surface area contributed by atoms with E-state index in [0.717, 1.165) is 156 Å². The number of benzene rings is 3. The van der Waals surface area contributed by atoms with Crippen LogP contribution < -0.4 is 39.1 Å². The second-order valence-corrected chi connectivity index (χ2v) is 42.0. The Morgan fingerprint density at radius 2 is 0.858 bits per heavy atom. The first-order chi connectivity index (χ1) is 62.5. The van der Waals surface area contributed by atoms with Gasteiger partial charge in [-0.1, -0.05) is 180 Å². The molecule has 4 saturated carbocycles. The average molecular weight is 1960 g/mol. The van der Waals surface area contributed by atoms with Gasteiger partial charge in [-0.3, -0.25) is 19.2 Å². The van der Waals surface area contributed by atoms with E-state index in [2.05, 4.69) is 50.3 Å². The molecule has 2 N–H and O–H groups in total. The van der Waals surface area contributed by atoms with Crippen molar-refractivity contribution in [1.82, 2.24) is 55.2 Å². The number of fused-ring (bicyclic) bond motifs is 15. The number of aryl methyl sites for hydroxylation is 3. The van der Waals surface area contributed by atoms with E-state index in [1.807, 2.05) is 138 Å². The van der Waals surface area contributed by atoms with Crippen LogP contribution in [-0.4, -0.2) is 206 Å². The number of aromatic nitrogens is 6. The van der Waals surface area contributed by atoms with Crippen molar-refractivity contribution in [3.63, 3.8) is 0 Å². The Kier molecular flexibility index (Phi) is 35.0. The Morgan fingerprint density at radius 3 is 1.25 bits per heavy atom. The molecule has 0 spiro atoms. The second-order valence-electron chi connectivity index (χ2n) is 42.0. The minimum Gasteiger partial charge on any atom is -0.540 e. The van der Waals surface area contributed by atoms with Crippen molar-refractivity contribution in [1.29, 1.82) is 0 Å². The fourth-order valence-corrected chi connectivity index (χ4v) is 21.4. The molecule has 32 heteroatoms. The molecule has 727 valence electrons. The van der Waals surface area contributed by atoms with Crippen LogP contribution in [0.4, 0.5) is 9.59 Å². The van der Waals surface area contributed by atoms with E-state index >= 15 is 0 Å². The number of hydrogen-bond acceptors (Lipinski definition) is 24.